The number of amides is 1. The number of carbonyl (C=O) groups is 1. The van der Waals surface area contributed by atoms with Crippen molar-refractivity contribution in [2.75, 3.05) is 18.4 Å². The summed E-state index contributed by atoms with van der Waals surface area (Å²) in [6.45, 7) is 12.9. The Kier molecular flexibility index (Phi) is 6.34. The Morgan fingerprint density at radius 1 is 1.28 bits per heavy atom. The predicted octanol–water partition coefficient (Wildman–Crippen LogP) is 5.90. The van der Waals surface area contributed by atoms with Gasteiger partial charge in [-0.25, -0.2) is 14.8 Å². The minimum Gasteiger partial charge on any atom is -0.465 e. The number of anilines is 1. The number of nitrogens with one attached hydrogen (secondary N) is 1. The van der Waals surface area contributed by atoms with Gasteiger partial charge in [0.1, 0.15) is 11.3 Å². The number of fused-ring (bicyclic) bond motifs is 3. The standard InChI is InChI=1S/C24H35N5O2S/c1-6-7-8-18-26-19-20(29(18)14-16-9-11-28(12-10-16)23(30)31)21-17(13-15(2)32-21)25-22(19)27-24(3,4)5/h13,16H,6-12,14H2,1-5H3,(H,25,27)(H,30,31). The van der Waals surface area contributed by atoms with E-state index in [4.69, 9.17) is 9.97 Å². The van der Waals surface area contributed by atoms with E-state index in [0.29, 0.717) is 19.0 Å². The molecule has 0 radical (unpaired) electrons. The minimum atomic E-state index is -0.806. The van der Waals surface area contributed by atoms with Gasteiger partial charge in [-0.3, -0.25) is 0 Å². The molecule has 32 heavy (non-hydrogen) atoms. The number of nitrogens with zero attached hydrogens (tertiary/aromatic N) is 4. The van der Waals surface area contributed by atoms with Crippen molar-refractivity contribution in [1.82, 2.24) is 19.4 Å². The lowest BCUT2D eigenvalue weighted by atomic mass is 9.97. The lowest BCUT2D eigenvalue weighted by molar-refractivity contribution is 0.121. The summed E-state index contributed by atoms with van der Waals surface area (Å²) in [6.07, 6.45) is 4.15. The molecule has 4 rings (SSSR count). The van der Waals surface area contributed by atoms with Crippen molar-refractivity contribution in [2.24, 2.45) is 5.92 Å². The van der Waals surface area contributed by atoms with Crippen LogP contribution in [0, 0.1) is 12.8 Å². The number of rotatable bonds is 6. The molecule has 8 heteroatoms. The number of imidazole rings is 1. The van der Waals surface area contributed by atoms with Crippen LogP contribution in [0.1, 0.15) is 64.1 Å². The first-order valence-corrected chi connectivity index (χ1v) is 12.5. The number of aromatic nitrogens is 3. The fraction of sp³-hybridized carbons (Fsp3) is 0.625. The van der Waals surface area contributed by atoms with Crippen LogP contribution < -0.4 is 5.32 Å². The zero-order valence-corrected chi connectivity index (χ0v) is 20.7. The largest absolute Gasteiger partial charge is 0.465 e. The molecule has 1 aliphatic heterocycles. The van der Waals surface area contributed by atoms with Crippen molar-refractivity contribution in [3.8, 4) is 0 Å². The van der Waals surface area contributed by atoms with Gasteiger partial charge in [0.05, 0.1) is 15.7 Å². The summed E-state index contributed by atoms with van der Waals surface area (Å²) < 4.78 is 3.63. The van der Waals surface area contributed by atoms with Crippen LogP contribution in [0.2, 0.25) is 0 Å². The zero-order valence-electron chi connectivity index (χ0n) is 19.9. The van der Waals surface area contributed by atoms with Gasteiger partial charge >= 0.3 is 6.09 Å². The van der Waals surface area contributed by atoms with Gasteiger partial charge in [0.15, 0.2) is 5.82 Å². The molecular formula is C24H35N5O2S. The van der Waals surface area contributed by atoms with Crippen LogP contribution in [0.25, 0.3) is 21.3 Å². The Bertz CT molecular complexity index is 1120. The number of thiophene rings is 1. The molecule has 3 aromatic heterocycles. The SMILES string of the molecule is CCCCc1nc2c(NC(C)(C)C)nc3cc(C)sc3c2n1CC1CCN(C(=O)O)CC1. The average molecular weight is 458 g/mol. The van der Waals surface area contributed by atoms with Gasteiger partial charge in [0.25, 0.3) is 0 Å². The molecule has 0 unspecified atom stereocenters. The molecule has 1 fully saturated rings. The Labute approximate surface area is 193 Å². The van der Waals surface area contributed by atoms with E-state index in [1.807, 2.05) is 0 Å². The van der Waals surface area contributed by atoms with Gasteiger partial charge in [0.2, 0.25) is 0 Å². The molecule has 3 aromatic rings. The van der Waals surface area contributed by atoms with Crippen LogP contribution in [0.15, 0.2) is 6.07 Å². The second-order valence-electron chi connectivity index (χ2n) is 10.1. The molecule has 2 N–H and O–H groups in total. The number of hydrogen-bond donors (Lipinski definition) is 2. The van der Waals surface area contributed by atoms with Gasteiger partial charge in [-0.05, 0) is 58.9 Å². The predicted molar refractivity (Wildman–Crippen MR) is 132 cm³/mol. The molecule has 4 heterocycles. The van der Waals surface area contributed by atoms with E-state index in [2.05, 4.69) is 50.6 Å². The first kappa shape index (κ1) is 22.8. The quantitative estimate of drug-likeness (QED) is 0.482. The molecule has 1 aliphatic rings. The van der Waals surface area contributed by atoms with Crippen molar-refractivity contribution in [3.05, 3.63) is 16.8 Å². The lowest BCUT2D eigenvalue weighted by Crippen LogP contribution is -2.38. The summed E-state index contributed by atoms with van der Waals surface area (Å²) in [5, 5.41) is 12.9. The summed E-state index contributed by atoms with van der Waals surface area (Å²) in [6, 6.07) is 2.17. The Hall–Kier alpha value is -2.35. The molecule has 0 aromatic carbocycles. The number of aryl methyl sites for hydroxylation is 2. The highest BCUT2D eigenvalue weighted by molar-refractivity contribution is 7.19. The molecule has 0 bridgehead atoms. The van der Waals surface area contributed by atoms with Crippen LogP contribution in [-0.4, -0.2) is 49.3 Å². The van der Waals surface area contributed by atoms with E-state index < -0.39 is 6.09 Å². The molecule has 174 valence electrons. The third kappa shape index (κ3) is 4.70. The maximum absolute atomic E-state index is 11.3. The number of unbranched alkanes of at least 4 members (excludes halogenated alkanes) is 1. The summed E-state index contributed by atoms with van der Waals surface area (Å²) in [7, 11) is 0. The van der Waals surface area contributed by atoms with Crippen molar-refractivity contribution < 1.29 is 9.90 Å². The summed E-state index contributed by atoms with van der Waals surface area (Å²) in [5.74, 6) is 2.43. The molecule has 7 nitrogen and oxygen atoms in total. The molecule has 0 atom stereocenters. The second kappa shape index (κ2) is 8.89. The smallest absolute Gasteiger partial charge is 0.407 e. The fourth-order valence-electron chi connectivity index (χ4n) is 4.55. The van der Waals surface area contributed by atoms with Crippen molar-refractivity contribution >= 4 is 44.5 Å². The maximum atomic E-state index is 11.3. The van der Waals surface area contributed by atoms with E-state index >= 15 is 0 Å². The molecule has 1 saturated heterocycles. The van der Waals surface area contributed by atoms with Gasteiger partial charge in [-0.15, -0.1) is 11.3 Å². The van der Waals surface area contributed by atoms with Crippen molar-refractivity contribution in [3.63, 3.8) is 0 Å². The Morgan fingerprint density at radius 2 is 2.00 bits per heavy atom. The van der Waals surface area contributed by atoms with E-state index in [0.717, 1.165) is 61.3 Å². The lowest BCUT2D eigenvalue weighted by Gasteiger charge is -2.30. The van der Waals surface area contributed by atoms with Crippen LogP contribution >= 0.6 is 11.3 Å². The van der Waals surface area contributed by atoms with E-state index in [1.54, 1.807) is 11.3 Å². The van der Waals surface area contributed by atoms with Gasteiger partial charge < -0.3 is 19.9 Å². The molecule has 0 aliphatic carbocycles. The Balaban J connectivity index is 1.81. The molecule has 0 saturated carbocycles. The number of pyridine rings is 1. The van der Waals surface area contributed by atoms with E-state index in [-0.39, 0.29) is 5.54 Å². The number of carboxylic acid groups (broad SMARTS) is 1. The van der Waals surface area contributed by atoms with Crippen molar-refractivity contribution in [1.29, 1.82) is 0 Å². The van der Waals surface area contributed by atoms with Crippen molar-refractivity contribution in [2.45, 2.75) is 78.8 Å². The molecular weight excluding hydrogens is 422 g/mol. The summed E-state index contributed by atoms with van der Waals surface area (Å²) in [5.41, 5.74) is 3.06. The normalized spacial score (nSPS) is 15.7. The molecule has 0 spiro atoms. The monoisotopic (exact) mass is 457 g/mol. The van der Waals surface area contributed by atoms with Crippen LogP contribution in [0.5, 0.6) is 0 Å². The van der Waals surface area contributed by atoms with Gasteiger partial charge in [-0.1, -0.05) is 13.3 Å². The number of piperidine rings is 1. The minimum absolute atomic E-state index is 0.115. The average Bonchev–Trinajstić information content (AvgIpc) is 3.25. The summed E-state index contributed by atoms with van der Waals surface area (Å²) >= 11 is 1.79. The maximum Gasteiger partial charge on any atom is 0.407 e. The van der Waals surface area contributed by atoms with Gasteiger partial charge in [0, 0.05) is 36.5 Å². The number of likely N-dealkylation sites (tertiary alicyclic amines) is 1. The molecule has 1 amide bonds. The van der Waals surface area contributed by atoms with Crippen LogP contribution in [0.4, 0.5) is 10.6 Å². The van der Waals surface area contributed by atoms with E-state index in [9.17, 15) is 9.90 Å². The third-order valence-electron chi connectivity index (χ3n) is 6.13. The first-order valence-electron chi connectivity index (χ1n) is 11.7. The second-order valence-corrected chi connectivity index (χ2v) is 11.3. The van der Waals surface area contributed by atoms with E-state index in [1.165, 1.54) is 20.0 Å². The zero-order chi connectivity index (χ0) is 23.0. The van der Waals surface area contributed by atoms with Crippen LogP contribution in [0.3, 0.4) is 0 Å². The first-order chi connectivity index (χ1) is 15.2. The Morgan fingerprint density at radius 3 is 2.62 bits per heavy atom. The highest BCUT2D eigenvalue weighted by atomic mass is 32.1. The summed E-state index contributed by atoms with van der Waals surface area (Å²) in [4.78, 5) is 24.2. The van der Waals surface area contributed by atoms with Gasteiger partial charge in [-0.2, -0.15) is 0 Å². The number of hydrogen-bond acceptors (Lipinski definition) is 5. The van der Waals surface area contributed by atoms with Crippen LogP contribution in [-0.2, 0) is 13.0 Å². The third-order valence-corrected chi connectivity index (χ3v) is 7.17. The highest BCUT2D eigenvalue weighted by Crippen LogP contribution is 2.37. The topological polar surface area (TPSA) is 83.3 Å². The highest BCUT2D eigenvalue weighted by Gasteiger charge is 2.26. The fourth-order valence-corrected chi connectivity index (χ4v) is 5.56.